The Labute approximate surface area is 122 Å². The summed E-state index contributed by atoms with van der Waals surface area (Å²) in [6.45, 7) is 2.21. The van der Waals surface area contributed by atoms with Gasteiger partial charge < -0.3 is 5.32 Å². The molecule has 0 heterocycles. The van der Waals surface area contributed by atoms with Crippen LogP contribution in [0.25, 0.3) is 0 Å². The van der Waals surface area contributed by atoms with Crippen LogP contribution in [0.5, 0.6) is 0 Å². The largest absolute Gasteiger partial charge is 0.303 e. The van der Waals surface area contributed by atoms with E-state index in [-0.39, 0.29) is 0 Å². The molecule has 0 saturated heterocycles. The van der Waals surface area contributed by atoms with Crippen molar-refractivity contribution in [1.82, 2.24) is 5.32 Å². The van der Waals surface area contributed by atoms with E-state index in [0.29, 0.717) is 12.1 Å². The molecule has 20 heavy (non-hydrogen) atoms. The monoisotopic (exact) mass is 265 g/mol. The molecular formula is C19H23N. The minimum atomic E-state index is 0.320. The lowest BCUT2D eigenvalue weighted by Gasteiger charge is -2.25. The molecule has 0 amide bonds. The van der Waals surface area contributed by atoms with Gasteiger partial charge >= 0.3 is 0 Å². The molecule has 3 rings (SSSR count). The number of rotatable bonds is 4. The van der Waals surface area contributed by atoms with Crippen LogP contribution in [0.15, 0.2) is 54.6 Å². The van der Waals surface area contributed by atoms with Crippen molar-refractivity contribution in [3.8, 4) is 0 Å². The number of hydrogen-bond acceptors (Lipinski definition) is 1. The summed E-state index contributed by atoms with van der Waals surface area (Å²) >= 11 is 0. The zero-order chi connectivity index (χ0) is 13.8. The molecule has 0 aromatic heterocycles. The molecule has 1 N–H and O–H groups in total. The Morgan fingerprint density at radius 2 is 1.55 bits per heavy atom. The van der Waals surface area contributed by atoms with E-state index in [9.17, 15) is 0 Å². The van der Waals surface area contributed by atoms with Gasteiger partial charge in [-0.3, -0.25) is 0 Å². The van der Waals surface area contributed by atoms with Crippen LogP contribution >= 0.6 is 0 Å². The molecule has 2 aromatic rings. The van der Waals surface area contributed by atoms with Crippen molar-refractivity contribution in [3.63, 3.8) is 0 Å². The number of nitrogens with one attached hydrogen (secondary N) is 1. The Hall–Kier alpha value is -1.60. The van der Waals surface area contributed by atoms with E-state index in [0.717, 1.165) is 0 Å². The van der Waals surface area contributed by atoms with E-state index >= 15 is 0 Å². The quantitative estimate of drug-likeness (QED) is 0.850. The maximum atomic E-state index is 3.89. The van der Waals surface area contributed by atoms with Gasteiger partial charge in [-0.15, -0.1) is 0 Å². The molecule has 1 saturated carbocycles. The first-order chi connectivity index (χ1) is 9.84. The zero-order valence-electron chi connectivity index (χ0n) is 12.2. The van der Waals surface area contributed by atoms with Crippen LogP contribution in [0.1, 0.15) is 48.4 Å². The van der Waals surface area contributed by atoms with Crippen molar-refractivity contribution in [2.45, 2.75) is 44.7 Å². The molecule has 1 aliphatic rings. The minimum absolute atomic E-state index is 0.320. The molecular weight excluding hydrogens is 242 g/mol. The molecule has 1 heteroatoms. The van der Waals surface area contributed by atoms with Gasteiger partial charge in [-0.2, -0.15) is 0 Å². The fraction of sp³-hybridized carbons (Fsp3) is 0.368. The highest BCUT2D eigenvalue weighted by Gasteiger charge is 2.22. The smallest absolute Gasteiger partial charge is 0.0581 e. The lowest BCUT2D eigenvalue weighted by Crippen LogP contribution is -2.31. The SMILES string of the molecule is Cc1ccccc1C(NC1CCCC1)c1ccccc1. The third-order valence-electron chi connectivity index (χ3n) is 4.39. The normalized spacial score (nSPS) is 17.2. The Morgan fingerprint density at radius 1 is 0.900 bits per heavy atom. The average molecular weight is 265 g/mol. The molecule has 0 radical (unpaired) electrons. The van der Waals surface area contributed by atoms with Crippen molar-refractivity contribution in [1.29, 1.82) is 0 Å². The van der Waals surface area contributed by atoms with E-state index in [1.165, 1.54) is 42.4 Å². The van der Waals surface area contributed by atoms with Gasteiger partial charge in [0.05, 0.1) is 6.04 Å². The van der Waals surface area contributed by atoms with Gasteiger partial charge in [-0.05, 0) is 36.5 Å². The Bertz CT molecular complexity index is 541. The first-order valence-corrected chi connectivity index (χ1v) is 7.71. The third-order valence-corrected chi connectivity index (χ3v) is 4.39. The van der Waals surface area contributed by atoms with Crippen LogP contribution in [0.3, 0.4) is 0 Å². The Kier molecular flexibility index (Phi) is 4.17. The molecule has 0 aliphatic heterocycles. The fourth-order valence-corrected chi connectivity index (χ4v) is 3.25. The highest BCUT2D eigenvalue weighted by molar-refractivity contribution is 5.36. The summed E-state index contributed by atoms with van der Waals surface area (Å²) in [5.41, 5.74) is 4.14. The molecule has 1 unspecified atom stereocenters. The predicted octanol–water partition coefficient (Wildman–Crippen LogP) is 4.62. The number of aryl methyl sites for hydroxylation is 1. The van der Waals surface area contributed by atoms with Crippen LogP contribution in [-0.2, 0) is 0 Å². The van der Waals surface area contributed by atoms with Crippen LogP contribution in [0.4, 0.5) is 0 Å². The topological polar surface area (TPSA) is 12.0 Å². The minimum Gasteiger partial charge on any atom is -0.303 e. The first kappa shape index (κ1) is 13.4. The van der Waals surface area contributed by atoms with Crippen LogP contribution in [0.2, 0.25) is 0 Å². The molecule has 1 nitrogen and oxygen atoms in total. The number of benzene rings is 2. The van der Waals surface area contributed by atoms with E-state index in [2.05, 4.69) is 66.8 Å². The Morgan fingerprint density at radius 3 is 2.25 bits per heavy atom. The van der Waals surface area contributed by atoms with Crippen molar-refractivity contribution >= 4 is 0 Å². The highest BCUT2D eigenvalue weighted by Crippen LogP contribution is 2.28. The van der Waals surface area contributed by atoms with Gasteiger partial charge in [0.1, 0.15) is 0 Å². The highest BCUT2D eigenvalue weighted by atomic mass is 15.0. The van der Waals surface area contributed by atoms with Crippen LogP contribution in [-0.4, -0.2) is 6.04 Å². The molecule has 1 fully saturated rings. The van der Waals surface area contributed by atoms with Gasteiger partial charge in [0.15, 0.2) is 0 Å². The van der Waals surface area contributed by atoms with E-state index in [1.54, 1.807) is 0 Å². The summed E-state index contributed by atoms with van der Waals surface area (Å²) in [7, 11) is 0. The average Bonchev–Trinajstić information content (AvgIpc) is 3.00. The third kappa shape index (κ3) is 2.94. The number of hydrogen-bond donors (Lipinski definition) is 1. The fourth-order valence-electron chi connectivity index (χ4n) is 3.25. The van der Waals surface area contributed by atoms with E-state index in [1.807, 2.05) is 0 Å². The lowest BCUT2D eigenvalue weighted by molar-refractivity contribution is 0.478. The molecule has 0 bridgehead atoms. The summed E-state index contributed by atoms with van der Waals surface area (Å²) in [5.74, 6) is 0. The predicted molar refractivity (Wildman–Crippen MR) is 84.9 cm³/mol. The lowest BCUT2D eigenvalue weighted by atomic mass is 9.94. The first-order valence-electron chi connectivity index (χ1n) is 7.71. The van der Waals surface area contributed by atoms with Crippen molar-refractivity contribution < 1.29 is 0 Å². The van der Waals surface area contributed by atoms with Crippen molar-refractivity contribution in [3.05, 3.63) is 71.3 Å². The van der Waals surface area contributed by atoms with Gasteiger partial charge in [-0.1, -0.05) is 67.4 Å². The van der Waals surface area contributed by atoms with Crippen molar-refractivity contribution in [2.24, 2.45) is 0 Å². The molecule has 104 valence electrons. The molecule has 2 aromatic carbocycles. The second-order valence-electron chi connectivity index (χ2n) is 5.85. The zero-order valence-corrected chi connectivity index (χ0v) is 12.2. The van der Waals surface area contributed by atoms with Gasteiger partial charge in [0.25, 0.3) is 0 Å². The van der Waals surface area contributed by atoms with Gasteiger partial charge in [-0.25, -0.2) is 0 Å². The molecule has 1 aliphatic carbocycles. The van der Waals surface area contributed by atoms with Gasteiger partial charge in [0.2, 0.25) is 0 Å². The maximum absolute atomic E-state index is 3.89. The summed E-state index contributed by atoms with van der Waals surface area (Å²) in [6.07, 6.45) is 5.37. The van der Waals surface area contributed by atoms with E-state index < -0.39 is 0 Å². The Balaban J connectivity index is 1.92. The maximum Gasteiger partial charge on any atom is 0.0581 e. The van der Waals surface area contributed by atoms with Crippen LogP contribution in [0, 0.1) is 6.92 Å². The standard InChI is InChI=1S/C19H23N/c1-15-9-5-8-14-18(15)19(16-10-3-2-4-11-16)20-17-12-6-7-13-17/h2-5,8-11,14,17,19-20H,6-7,12-13H2,1H3. The second-order valence-corrected chi connectivity index (χ2v) is 5.85. The second kappa shape index (κ2) is 6.23. The van der Waals surface area contributed by atoms with Crippen LogP contribution < -0.4 is 5.32 Å². The molecule has 1 atom stereocenters. The summed E-state index contributed by atoms with van der Waals surface area (Å²) in [4.78, 5) is 0. The summed E-state index contributed by atoms with van der Waals surface area (Å²) in [5, 5.41) is 3.89. The summed E-state index contributed by atoms with van der Waals surface area (Å²) in [6, 6.07) is 20.6. The van der Waals surface area contributed by atoms with Gasteiger partial charge in [0, 0.05) is 6.04 Å². The summed E-state index contributed by atoms with van der Waals surface area (Å²) < 4.78 is 0. The molecule has 0 spiro atoms. The van der Waals surface area contributed by atoms with Crippen molar-refractivity contribution in [2.75, 3.05) is 0 Å². The van der Waals surface area contributed by atoms with E-state index in [4.69, 9.17) is 0 Å².